The molecule has 0 aliphatic rings. The SMILES string of the molecule is CC(=O)Nc1ccc(NC(=O)CSc2c(CC(C)C)cnc3c2c(=O)n(C)c(=O)n3C)cc1. The molecule has 2 aromatic heterocycles. The molecule has 0 unspecified atom stereocenters. The number of amides is 2. The molecule has 2 amide bonds. The number of carbonyl (C=O) groups is 2. The van der Waals surface area contributed by atoms with Gasteiger partial charge < -0.3 is 10.6 Å². The van der Waals surface area contributed by atoms with Crippen LogP contribution in [0.25, 0.3) is 11.0 Å². The molecule has 33 heavy (non-hydrogen) atoms. The average Bonchev–Trinajstić information content (AvgIpc) is 2.75. The summed E-state index contributed by atoms with van der Waals surface area (Å²) >= 11 is 1.26. The third kappa shape index (κ3) is 5.51. The molecule has 3 rings (SSSR count). The number of nitrogens with one attached hydrogen (secondary N) is 2. The van der Waals surface area contributed by atoms with Crippen LogP contribution in [-0.4, -0.2) is 31.7 Å². The Morgan fingerprint density at radius 3 is 2.21 bits per heavy atom. The summed E-state index contributed by atoms with van der Waals surface area (Å²) in [6.07, 6.45) is 2.37. The van der Waals surface area contributed by atoms with Crippen molar-refractivity contribution in [1.29, 1.82) is 0 Å². The Balaban J connectivity index is 1.89. The van der Waals surface area contributed by atoms with Crippen LogP contribution in [0.5, 0.6) is 0 Å². The Kier molecular flexibility index (Phi) is 7.37. The molecule has 0 saturated carbocycles. The summed E-state index contributed by atoms with van der Waals surface area (Å²) in [6, 6.07) is 6.80. The minimum atomic E-state index is -0.451. The lowest BCUT2D eigenvalue weighted by Gasteiger charge is -2.15. The Hall–Kier alpha value is -3.40. The molecule has 1 aromatic carbocycles. The molecule has 0 aliphatic heterocycles. The first kappa shape index (κ1) is 24.2. The van der Waals surface area contributed by atoms with E-state index in [0.29, 0.717) is 39.6 Å². The van der Waals surface area contributed by atoms with Gasteiger partial charge in [0.15, 0.2) is 0 Å². The van der Waals surface area contributed by atoms with Gasteiger partial charge in [-0.25, -0.2) is 9.78 Å². The number of nitrogens with zero attached hydrogens (tertiary/aromatic N) is 3. The Bertz CT molecular complexity index is 1330. The molecule has 2 heterocycles. The van der Waals surface area contributed by atoms with Gasteiger partial charge in [0.2, 0.25) is 11.8 Å². The molecular formula is C23H27N5O4S. The number of aryl methyl sites for hydroxylation is 1. The fourth-order valence-electron chi connectivity index (χ4n) is 3.47. The lowest BCUT2D eigenvalue weighted by molar-refractivity contribution is -0.114. The molecule has 0 spiro atoms. The fourth-order valence-corrected chi connectivity index (χ4v) is 4.46. The molecule has 0 saturated heterocycles. The maximum Gasteiger partial charge on any atom is 0.332 e. The lowest BCUT2D eigenvalue weighted by atomic mass is 10.0. The maximum absolute atomic E-state index is 13.0. The summed E-state index contributed by atoms with van der Waals surface area (Å²) in [4.78, 5) is 54.1. The van der Waals surface area contributed by atoms with Gasteiger partial charge in [-0.05, 0) is 42.2 Å². The zero-order valence-electron chi connectivity index (χ0n) is 19.3. The van der Waals surface area contributed by atoms with E-state index in [9.17, 15) is 19.2 Å². The number of hydrogen-bond donors (Lipinski definition) is 2. The van der Waals surface area contributed by atoms with Crippen LogP contribution in [-0.2, 0) is 30.1 Å². The van der Waals surface area contributed by atoms with E-state index in [1.807, 2.05) is 0 Å². The van der Waals surface area contributed by atoms with Crippen molar-refractivity contribution in [2.45, 2.75) is 32.1 Å². The third-order valence-electron chi connectivity index (χ3n) is 4.96. The standard InChI is InChI=1S/C23H27N5O4S/c1-13(2)10-15-11-24-21-19(22(31)28(5)23(32)27(21)4)20(15)33-12-18(30)26-17-8-6-16(7-9-17)25-14(3)29/h6-9,11,13H,10,12H2,1-5H3,(H,25,29)(H,26,30). The van der Waals surface area contributed by atoms with Crippen LogP contribution in [0, 0.1) is 5.92 Å². The monoisotopic (exact) mass is 469 g/mol. The highest BCUT2D eigenvalue weighted by Gasteiger charge is 2.19. The van der Waals surface area contributed by atoms with Crippen LogP contribution < -0.4 is 21.9 Å². The molecule has 9 nitrogen and oxygen atoms in total. The number of hydrogen-bond acceptors (Lipinski definition) is 6. The van der Waals surface area contributed by atoms with Crippen LogP contribution in [0.15, 0.2) is 44.9 Å². The van der Waals surface area contributed by atoms with Crippen molar-refractivity contribution in [2.24, 2.45) is 20.0 Å². The molecule has 3 aromatic rings. The molecule has 0 atom stereocenters. The first-order chi connectivity index (χ1) is 15.6. The maximum atomic E-state index is 13.0. The van der Waals surface area contributed by atoms with Crippen molar-refractivity contribution < 1.29 is 9.59 Å². The highest BCUT2D eigenvalue weighted by molar-refractivity contribution is 8.00. The van der Waals surface area contributed by atoms with Crippen LogP contribution in [0.3, 0.4) is 0 Å². The lowest BCUT2D eigenvalue weighted by Crippen LogP contribution is -2.37. The molecule has 10 heteroatoms. The predicted molar refractivity (Wildman–Crippen MR) is 131 cm³/mol. The van der Waals surface area contributed by atoms with Crippen molar-refractivity contribution in [3.63, 3.8) is 0 Å². The van der Waals surface area contributed by atoms with Crippen molar-refractivity contribution in [3.8, 4) is 0 Å². The van der Waals surface area contributed by atoms with Gasteiger partial charge in [0, 0.05) is 43.5 Å². The smallest absolute Gasteiger partial charge is 0.326 e. The number of thioether (sulfide) groups is 1. The number of benzene rings is 1. The average molecular weight is 470 g/mol. The second-order valence-electron chi connectivity index (χ2n) is 8.21. The van der Waals surface area contributed by atoms with E-state index < -0.39 is 11.2 Å². The van der Waals surface area contributed by atoms with Gasteiger partial charge in [0.25, 0.3) is 5.56 Å². The van der Waals surface area contributed by atoms with Gasteiger partial charge >= 0.3 is 5.69 Å². The third-order valence-corrected chi connectivity index (χ3v) is 6.12. The van der Waals surface area contributed by atoms with Crippen LogP contribution in [0.1, 0.15) is 26.3 Å². The van der Waals surface area contributed by atoms with E-state index in [-0.39, 0.29) is 17.6 Å². The van der Waals surface area contributed by atoms with Crippen molar-refractivity contribution >= 4 is 46.0 Å². The van der Waals surface area contributed by atoms with E-state index in [1.54, 1.807) is 37.5 Å². The molecule has 174 valence electrons. The number of pyridine rings is 1. The fraction of sp³-hybridized carbons (Fsp3) is 0.348. The summed E-state index contributed by atoms with van der Waals surface area (Å²) in [6.45, 7) is 5.55. The predicted octanol–water partition coefficient (Wildman–Crippen LogP) is 2.52. The van der Waals surface area contributed by atoms with E-state index in [0.717, 1.165) is 10.1 Å². The Morgan fingerprint density at radius 1 is 1.03 bits per heavy atom. The van der Waals surface area contributed by atoms with Gasteiger partial charge in [-0.2, -0.15) is 0 Å². The van der Waals surface area contributed by atoms with Gasteiger partial charge in [0.05, 0.1) is 11.1 Å². The summed E-state index contributed by atoms with van der Waals surface area (Å²) in [5.74, 6) is -0.0252. The van der Waals surface area contributed by atoms with E-state index in [2.05, 4.69) is 29.5 Å². The second-order valence-corrected chi connectivity index (χ2v) is 9.20. The minimum Gasteiger partial charge on any atom is -0.326 e. The molecule has 0 radical (unpaired) electrons. The van der Waals surface area contributed by atoms with Gasteiger partial charge in [-0.3, -0.25) is 23.5 Å². The largest absolute Gasteiger partial charge is 0.332 e. The van der Waals surface area contributed by atoms with Gasteiger partial charge in [-0.1, -0.05) is 13.8 Å². The summed E-state index contributed by atoms with van der Waals surface area (Å²) in [7, 11) is 3.01. The highest BCUT2D eigenvalue weighted by atomic mass is 32.2. The number of anilines is 2. The molecule has 0 bridgehead atoms. The normalized spacial score (nSPS) is 11.1. The number of fused-ring (bicyclic) bond motifs is 1. The van der Waals surface area contributed by atoms with Crippen LogP contribution in [0.2, 0.25) is 0 Å². The Morgan fingerprint density at radius 2 is 1.64 bits per heavy atom. The first-order valence-corrected chi connectivity index (χ1v) is 11.4. The van der Waals surface area contributed by atoms with Crippen LogP contribution in [0.4, 0.5) is 11.4 Å². The van der Waals surface area contributed by atoms with Gasteiger partial charge in [0.1, 0.15) is 5.65 Å². The molecular weight excluding hydrogens is 442 g/mol. The number of rotatable bonds is 7. The van der Waals surface area contributed by atoms with Crippen molar-refractivity contribution in [2.75, 3.05) is 16.4 Å². The topological polar surface area (TPSA) is 115 Å². The number of carbonyl (C=O) groups excluding carboxylic acids is 2. The summed E-state index contributed by atoms with van der Waals surface area (Å²) < 4.78 is 2.40. The molecule has 2 N–H and O–H groups in total. The Labute approximate surface area is 195 Å². The minimum absolute atomic E-state index is 0.0731. The quantitative estimate of drug-likeness (QED) is 0.514. The summed E-state index contributed by atoms with van der Waals surface area (Å²) in [5, 5.41) is 5.84. The molecule has 0 aliphatic carbocycles. The first-order valence-electron chi connectivity index (χ1n) is 10.5. The van der Waals surface area contributed by atoms with Crippen LogP contribution >= 0.6 is 11.8 Å². The molecule has 0 fully saturated rings. The van der Waals surface area contributed by atoms with E-state index in [4.69, 9.17) is 0 Å². The zero-order valence-corrected chi connectivity index (χ0v) is 20.1. The second kappa shape index (κ2) is 10.0. The van der Waals surface area contributed by atoms with Crippen molar-refractivity contribution in [3.05, 3.63) is 56.9 Å². The van der Waals surface area contributed by atoms with E-state index in [1.165, 1.54) is 30.3 Å². The van der Waals surface area contributed by atoms with Gasteiger partial charge in [-0.15, -0.1) is 11.8 Å². The summed E-state index contributed by atoms with van der Waals surface area (Å²) in [5.41, 5.74) is 1.52. The zero-order chi connectivity index (χ0) is 24.3. The highest BCUT2D eigenvalue weighted by Crippen LogP contribution is 2.30. The number of aromatic nitrogens is 3. The van der Waals surface area contributed by atoms with Crippen molar-refractivity contribution in [1.82, 2.24) is 14.1 Å². The van der Waals surface area contributed by atoms with E-state index >= 15 is 0 Å².